The normalized spacial score (nSPS) is 10.0. The number of aromatic nitrogens is 1. The van der Waals surface area contributed by atoms with E-state index in [0.29, 0.717) is 5.82 Å². The second kappa shape index (κ2) is 4.68. The van der Waals surface area contributed by atoms with E-state index in [1.54, 1.807) is 0 Å². The van der Waals surface area contributed by atoms with E-state index in [1.165, 1.54) is 22.1 Å². The van der Waals surface area contributed by atoms with Crippen LogP contribution < -0.4 is 11.3 Å². The van der Waals surface area contributed by atoms with Gasteiger partial charge in [0.2, 0.25) is 0 Å². The van der Waals surface area contributed by atoms with E-state index in [4.69, 9.17) is 5.84 Å². The van der Waals surface area contributed by atoms with Crippen molar-refractivity contribution in [3.05, 3.63) is 34.9 Å². The topological polar surface area (TPSA) is 50.9 Å². The SMILES string of the molecule is Cc1cc(C)c2c(C)cc(NN)nc2c1.Cl. The molecule has 0 unspecified atom stereocenters. The van der Waals surface area contributed by atoms with Gasteiger partial charge in [0.15, 0.2) is 0 Å². The third-order valence-electron chi connectivity index (χ3n) is 2.60. The van der Waals surface area contributed by atoms with E-state index in [0.717, 1.165) is 5.52 Å². The van der Waals surface area contributed by atoms with Crippen LogP contribution in [0.5, 0.6) is 0 Å². The maximum absolute atomic E-state index is 5.37. The van der Waals surface area contributed by atoms with Crippen molar-refractivity contribution >= 4 is 29.1 Å². The number of hydrazine groups is 1. The molecule has 0 amide bonds. The van der Waals surface area contributed by atoms with E-state index in [9.17, 15) is 0 Å². The Morgan fingerprint density at radius 1 is 1.06 bits per heavy atom. The van der Waals surface area contributed by atoms with Crippen LogP contribution in [0.4, 0.5) is 5.82 Å². The highest BCUT2D eigenvalue weighted by Crippen LogP contribution is 2.24. The summed E-state index contributed by atoms with van der Waals surface area (Å²) < 4.78 is 0. The summed E-state index contributed by atoms with van der Waals surface area (Å²) in [4.78, 5) is 4.44. The predicted octanol–water partition coefficient (Wildman–Crippen LogP) is 2.87. The highest BCUT2D eigenvalue weighted by atomic mass is 35.5. The average Bonchev–Trinajstić information content (AvgIpc) is 2.15. The van der Waals surface area contributed by atoms with Gasteiger partial charge >= 0.3 is 0 Å². The molecule has 16 heavy (non-hydrogen) atoms. The van der Waals surface area contributed by atoms with E-state index in [-0.39, 0.29) is 12.4 Å². The number of nitrogens with one attached hydrogen (secondary N) is 1. The molecule has 2 rings (SSSR count). The second-order valence-electron chi connectivity index (χ2n) is 3.94. The fourth-order valence-electron chi connectivity index (χ4n) is 2.06. The number of nitrogen functional groups attached to an aromatic ring is 1. The van der Waals surface area contributed by atoms with Crippen LogP contribution in [-0.4, -0.2) is 4.98 Å². The zero-order valence-corrected chi connectivity index (χ0v) is 10.5. The molecule has 2 aromatic rings. The molecule has 0 saturated carbocycles. The Bertz CT molecular complexity index is 523. The van der Waals surface area contributed by atoms with Crippen molar-refractivity contribution < 1.29 is 0 Å². The second-order valence-corrected chi connectivity index (χ2v) is 3.94. The van der Waals surface area contributed by atoms with Gasteiger partial charge in [0, 0.05) is 5.39 Å². The van der Waals surface area contributed by atoms with Gasteiger partial charge in [-0.2, -0.15) is 0 Å². The van der Waals surface area contributed by atoms with Gasteiger partial charge in [-0.1, -0.05) is 6.07 Å². The van der Waals surface area contributed by atoms with Crippen molar-refractivity contribution in [1.29, 1.82) is 0 Å². The molecular formula is C12H16ClN3. The van der Waals surface area contributed by atoms with Gasteiger partial charge in [-0.15, -0.1) is 12.4 Å². The minimum absolute atomic E-state index is 0. The zero-order chi connectivity index (χ0) is 11.0. The number of nitrogens with two attached hydrogens (primary N) is 1. The summed E-state index contributed by atoms with van der Waals surface area (Å²) in [6, 6.07) is 6.22. The van der Waals surface area contributed by atoms with Crippen LogP contribution >= 0.6 is 12.4 Å². The molecule has 0 saturated heterocycles. The van der Waals surface area contributed by atoms with Crippen molar-refractivity contribution in [2.24, 2.45) is 5.84 Å². The number of hydrogen-bond donors (Lipinski definition) is 2. The number of nitrogens with zero attached hydrogens (tertiary/aromatic N) is 1. The van der Waals surface area contributed by atoms with E-state index in [2.05, 4.69) is 43.3 Å². The molecule has 1 heterocycles. The molecule has 0 aliphatic carbocycles. The van der Waals surface area contributed by atoms with Crippen LogP contribution in [-0.2, 0) is 0 Å². The Hall–Kier alpha value is -1.32. The fraction of sp³-hybridized carbons (Fsp3) is 0.250. The number of fused-ring (bicyclic) bond motifs is 1. The summed E-state index contributed by atoms with van der Waals surface area (Å²) in [5.74, 6) is 6.09. The molecule has 3 N–H and O–H groups in total. The highest BCUT2D eigenvalue weighted by molar-refractivity contribution is 5.87. The first kappa shape index (κ1) is 12.7. The molecule has 0 fully saturated rings. The largest absolute Gasteiger partial charge is 0.308 e. The van der Waals surface area contributed by atoms with Crippen molar-refractivity contribution in [2.45, 2.75) is 20.8 Å². The number of halogens is 1. The third kappa shape index (κ3) is 2.10. The van der Waals surface area contributed by atoms with Gasteiger partial charge in [0.1, 0.15) is 5.82 Å². The fourth-order valence-corrected chi connectivity index (χ4v) is 2.06. The highest BCUT2D eigenvalue weighted by Gasteiger charge is 2.05. The van der Waals surface area contributed by atoms with Crippen LogP contribution in [0.3, 0.4) is 0 Å². The summed E-state index contributed by atoms with van der Waals surface area (Å²) in [5.41, 5.74) is 7.27. The Balaban J connectivity index is 0.00000128. The Kier molecular flexibility index (Phi) is 3.73. The number of anilines is 1. The number of rotatable bonds is 1. The van der Waals surface area contributed by atoms with Crippen LogP contribution in [0.1, 0.15) is 16.7 Å². The first-order chi connectivity index (χ1) is 7.11. The molecule has 0 spiro atoms. The molecule has 3 nitrogen and oxygen atoms in total. The molecule has 0 atom stereocenters. The molecule has 0 aliphatic rings. The maximum atomic E-state index is 5.37. The lowest BCUT2D eigenvalue weighted by Crippen LogP contribution is -2.08. The Morgan fingerprint density at radius 2 is 1.69 bits per heavy atom. The lowest BCUT2D eigenvalue weighted by atomic mass is 10.0. The Labute approximate surface area is 101 Å². The van der Waals surface area contributed by atoms with Crippen molar-refractivity contribution in [2.75, 3.05) is 5.43 Å². The summed E-state index contributed by atoms with van der Waals surface area (Å²) in [6.45, 7) is 6.26. The maximum Gasteiger partial charge on any atom is 0.140 e. The number of hydrogen-bond acceptors (Lipinski definition) is 3. The van der Waals surface area contributed by atoms with Crippen LogP contribution in [0.15, 0.2) is 18.2 Å². The summed E-state index contributed by atoms with van der Waals surface area (Å²) in [5, 5.41) is 1.22. The van der Waals surface area contributed by atoms with Gasteiger partial charge in [-0.25, -0.2) is 10.8 Å². The molecular weight excluding hydrogens is 222 g/mol. The first-order valence-corrected chi connectivity index (χ1v) is 4.97. The van der Waals surface area contributed by atoms with Crippen LogP contribution in [0.2, 0.25) is 0 Å². The van der Waals surface area contributed by atoms with E-state index in [1.807, 2.05) is 6.07 Å². The summed E-state index contributed by atoms with van der Waals surface area (Å²) in [7, 11) is 0. The summed E-state index contributed by atoms with van der Waals surface area (Å²) in [6.07, 6.45) is 0. The quantitative estimate of drug-likeness (QED) is 0.592. The predicted molar refractivity (Wildman–Crippen MR) is 71.0 cm³/mol. The number of pyridine rings is 1. The molecule has 4 heteroatoms. The molecule has 1 aromatic heterocycles. The standard InChI is InChI=1S/C12H15N3.ClH/c1-7-4-8(2)12-9(3)6-11(15-13)14-10(12)5-7;/h4-6H,13H2,1-3H3,(H,14,15);1H. The van der Waals surface area contributed by atoms with Gasteiger partial charge in [0.25, 0.3) is 0 Å². The third-order valence-corrected chi connectivity index (χ3v) is 2.60. The molecule has 0 radical (unpaired) electrons. The molecule has 0 aliphatic heterocycles. The van der Waals surface area contributed by atoms with E-state index < -0.39 is 0 Å². The van der Waals surface area contributed by atoms with E-state index >= 15 is 0 Å². The summed E-state index contributed by atoms with van der Waals surface area (Å²) >= 11 is 0. The smallest absolute Gasteiger partial charge is 0.140 e. The first-order valence-electron chi connectivity index (χ1n) is 4.97. The van der Waals surface area contributed by atoms with Crippen LogP contribution in [0.25, 0.3) is 10.9 Å². The van der Waals surface area contributed by atoms with Crippen molar-refractivity contribution in [3.8, 4) is 0 Å². The van der Waals surface area contributed by atoms with Crippen molar-refractivity contribution in [1.82, 2.24) is 4.98 Å². The Morgan fingerprint density at radius 3 is 2.31 bits per heavy atom. The average molecular weight is 238 g/mol. The minimum Gasteiger partial charge on any atom is -0.308 e. The molecule has 86 valence electrons. The molecule has 1 aromatic carbocycles. The lowest BCUT2D eigenvalue weighted by Gasteiger charge is -2.09. The molecule has 0 bridgehead atoms. The zero-order valence-electron chi connectivity index (χ0n) is 9.66. The van der Waals surface area contributed by atoms with Gasteiger partial charge in [-0.3, -0.25) is 0 Å². The lowest BCUT2D eigenvalue weighted by molar-refractivity contribution is 1.24. The van der Waals surface area contributed by atoms with Gasteiger partial charge < -0.3 is 5.43 Å². The van der Waals surface area contributed by atoms with Gasteiger partial charge in [0.05, 0.1) is 5.52 Å². The number of benzene rings is 1. The number of aryl methyl sites for hydroxylation is 3. The van der Waals surface area contributed by atoms with Gasteiger partial charge in [-0.05, 0) is 49.6 Å². The minimum atomic E-state index is 0. The van der Waals surface area contributed by atoms with Crippen LogP contribution in [0, 0.1) is 20.8 Å². The van der Waals surface area contributed by atoms with Crippen molar-refractivity contribution in [3.63, 3.8) is 0 Å². The monoisotopic (exact) mass is 237 g/mol.